The van der Waals surface area contributed by atoms with E-state index >= 15 is 0 Å². The van der Waals surface area contributed by atoms with Gasteiger partial charge in [-0.05, 0) is 74.1 Å². The first-order valence-corrected chi connectivity index (χ1v) is 12.2. The fraction of sp³-hybridized carbons (Fsp3) is 0.417. The van der Waals surface area contributed by atoms with Gasteiger partial charge < -0.3 is 0 Å². The van der Waals surface area contributed by atoms with Gasteiger partial charge in [-0.25, -0.2) is 28.8 Å². The SMILES string of the molecule is Clc1ncn(C23C[C@H]4C[C@@H](CC(c5nc6c7cnn(-c8ccccc8)c7ncn6n5)(C4)C2)C3)n1. The molecule has 1 aromatic carbocycles. The highest BCUT2D eigenvalue weighted by Crippen LogP contribution is 2.64. The number of hydrogen-bond acceptors (Lipinski definition) is 6. The lowest BCUT2D eigenvalue weighted by Crippen LogP contribution is -2.58. The maximum atomic E-state index is 6.12. The van der Waals surface area contributed by atoms with Crippen LogP contribution in [-0.4, -0.2) is 44.1 Å². The minimum atomic E-state index is -0.0592. The molecule has 4 fully saturated rings. The van der Waals surface area contributed by atoms with Crippen LogP contribution in [0.1, 0.15) is 44.3 Å². The fourth-order valence-electron chi connectivity index (χ4n) is 7.52. The molecule has 4 heterocycles. The van der Waals surface area contributed by atoms with Crippen molar-refractivity contribution in [1.82, 2.24) is 44.1 Å². The van der Waals surface area contributed by atoms with E-state index in [1.54, 1.807) is 6.33 Å². The molecule has 0 unspecified atom stereocenters. The van der Waals surface area contributed by atoms with Gasteiger partial charge in [0.25, 0.3) is 0 Å². The van der Waals surface area contributed by atoms with Gasteiger partial charge in [0.2, 0.25) is 5.28 Å². The molecule has 9 nitrogen and oxygen atoms in total. The molecular weight excluding hydrogens is 450 g/mol. The number of halogens is 1. The molecule has 9 rings (SSSR count). The van der Waals surface area contributed by atoms with Gasteiger partial charge in [0, 0.05) is 5.41 Å². The summed E-state index contributed by atoms with van der Waals surface area (Å²) in [6.07, 6.45) is 12.2. The standard InChI is InChI=1S/C24H22ClN9/c25-22-27-14-33(31-22)24-9-15-6-16(10-24)8-23(7-15,12-24)21-29-20-18-11-28-34(17-4-2-1-3-5-17)19(18)26-13-32(20)30-21/h1-5,11,13-16H,6-10,12H2/t15-,16-,23?,24?/m0/s1. The van der Waals surface area contributed by atoms with Gasteiger partial charge in [-0.15, -0.1) is 10.2 Å². The Morgan fingerprint density at radius 1 is 0.912 bits per heavy atom. The maximum Gasteiger partial charge on any atom is 0.242 e. The average molecular weight is 472 g/mol. The second kappa shape index (κ2) is 6.41. The molecule has 2 atom stereocenters. The third-order valence-corrected chi connectivity index (χ3v) is 8.53. The first-order chi connectivity index (χ1) is 16.6. The molecule has 0 N–H and O–H groups in total. The zero-order valence-corrected chi connectivity index (χ0v) is 19.2. The van der Waals surface area contributed by atoms with Gasteiger partial charge in [0.1, 0.15) is 12.7 Å². The van der Waals surface area contributed by atoms with Crippen LogP contribution >= 0.6 is 11.6 Å². The Balaban J connectivity index is 1.26. The zero-order chi connectivity index (χ0) is 22.5. The highest BCUT2D eigenvalue weighted by atomic mass is 35.5. The quantitative estimate of drug-likeness (QED) is 0.395. The number of nitrogens with zero attached hydrogens (tertiary/aromatic N) is 9. The van der Waals surface area contributed by atoms with Gasteiger partial charge in [-0.3, -0.25) is 0 Å². The van der Waals surface area contributed by atoms with E-state index in [0.29, 0.717) is 17.1 Å². The van der Waals surface area contributed by atoms with Gasteiger partial charge in [-0.1, -0.05) is 18.2 Å². The molecule has 4 aromatic heterocycles. The lowest BCUT2D eigenvalue weighted by Gasteiger charge is -2.60. The van der Waals surface area contributed by atoms with Crippen molar-refractivity contribution in [3.8, 4) is 5.69 Å². The fourth-order valence-corrected chi connectivity index (χ4v) is 7.64. The highest BCUT2D eigenvalue weighted by molar-refractivity contribution is 6.28. The number of aromatic nitrogens is 9. The van der Waals surface area contributed by atoms with Crippen molar-refractivity contribution in [1.29, 1.82) is 0 Å². The van der Waals surface area contributed by atoms with Crippen molar-refractivity contribution in [2.75, 3.05) is 0 Å². The Labute approximate surface area is 199 Å². The van der Waals surface area contributed by atoms with Crippen LogP contribution in [-0.2, 0) is 11.0 Å². The van der Waals surface area contributed by atoms with Gasteiger partial charge in [0.05, 0.1) is 22.8 Å². The third kappa shape index (κ3) is 2.50. The summed E-state index contributed by atoms with van der Waals surface area (Å²) in [6.45, 7) is 0. The first-order valence-electron chi connectivity index (χ1n) is 11.8. The summed E-state index contributed by atoms with van der Waals surface area (Å²) in [5.41, 5.74) is 2.47. The predicted molar refractivity (Wildman–Crippen MR) is 125 cm³/mol. The second-order valence-corrected chi connectivity index (χ2v) is 10.8. The number of benzene rings is 1. The van der Waals surface area contributed by atoms with Crippen molar-refractivity contribution in [3.63, 3.8) is 0 Å². The second-order valence-electron chi connectivity index (χ2n) is 10.5. The van der Waals surface area contributed by atoms with Crippen LogP contribution in [0.3, 0.4) is 0 Å². The van der Waals surface area contributed by atoms with Crippen LogP contribution in [0.2, 0.25) is 5.28 Å². The lowest BCUT2D eigenvalue weighted by atomic mass is 9.46. The topological polar surface area (TPSA) is 91.6 Å². The van der Waals surface area contributed by atoms with Crippen LogP contribution in [0.4, 0.5) is 0 Å². The molecule has 4 aliphatic rings. The van der Waals surface area contributed by atoms with E-state index in [4.69, 9.17) is 26.7 Å². The maximum absolute atomic E-state index is 6.12. The summed E-state index contributed by atoms with van der Waals surface area (Å²) in [7, 11) is 0. The molecule has 0 aliphatic heterocycles. The largest absolute Gasteiger partial charge is 0.245 e. The van der Waals surface area contributed by atoms with Crippen molar-refractivity contribution in [2.45, 2.75) is 49.5 Å². The highest BCUT2D eigenvalue weighted by Gasteiger charge is 2.61. The first kappa shape index (κ1) is 19.0. The Hall–Kier alpha value is -3.33. The van der Waals surface area contributed by atoms with E-state index in [1.807, 2.05) is 56.7 Å². The third-order valence-electron chi connectivity index (χ3n) is 8.36. The van der Waals surface area contributed by atoms with E-state index < -0.39 is 0 Å². The summed E-state index contributed by atoms with van der Waals surface area (Å²) in [5, 5.41) is 15.4. The molecule has 5 aromatic rings. The van der Waals surface area contributed by atoms with Gasteiger partial charge in [0.15, 0.2) is 17.1 Å². The van der Waals surface area contributed by atoms with E-state index in [1.165, 1.54) is 6.42 Å². The summed E-state index contributed by atoms with van der Waals surface area (Å²) in [6, 6.07) is 10.1. The smallest absolute Gasteiger partial charge is 0.242 e. The van der Waals surface area contributed by atoms with E-state index in [0.717, 1.165) is 60.3 Å². The monoisotopic (exact) mass is 471 g/mol. The molecule has 4 saturated carbocycles. The lowest BCUT2D eigenvalue weighted by molar-refractivity contribution is -0.0715. The number of fused-ring (bicyclic) bond motifs is 3. The molecule has 4 aliphatic carbocycles. The Morgan fingerprint density at radius 3 is 2.50 bits per heavy atom. The summed E-state index contributed by atoms with van der Waals surface area (Å²) in [5.74, 6) is 2.23. The van der Waals surface area contributed by atoms with Crippen LogP contribution in [0.15, 0.2) is 49.2 Å². The summed E-state index contributed by atoms with van der Waals surface area (Å²) >= 11 is 6.12. The van der Waals surface area contributed by atoms with Gasteiger partial charge in [-0.2, -0.15) is 5.10 Å². The van der Waals surface area contributed by atoms with Crippen molar-refractivity contribution < 1.29 is 0 Å². The normalized spacial score (nSPS) is 30.0. The van der Waals surface area contributed by atoms with Crippen LogP contribution in [0.5, 0.6) is 0 Å². The molecule has 0 saturated heterocycles. The molecule has 4 bridgehead atoms. The van der Waals surface area contributed by atoms with Gasteiger partial charge >= 0.3 is 0 Å². The van der Waals surface area contributed by atoms with Crippen molar-refractivity contribution in [3.05, 3.63) is 60.3 Å². The van der Waals surface area contributed by atoms with E-state index in [9.17, 15) is 0 Å². The number of hydrogen-bond donors (Lipinski definition) is 0. The Kier molecular flexibility index (Phi) is 3.59. The minimum Gasteiger partial charge on any atom is -0.245 e. The van der Waals surface area contributed by atoms with E-state index in [-0.39, 0.29) is 11.0 Å². The molecule has 170 valence electrons. The minimum absolute atomic E-state index is 0.0481. The Bertz CT molecular complexity index is 1550. The zero-order valence-electron chi connectivity index (χ0n) is 18.4. The molecule has 0 radical (unpaired) electrons. The molecular formula is C24H22ClN9. The summed E-state index contributed by atoms with van der Waals surface area (Å²) < 4.78 is 5.73. The molecule has 0 amide bonds. The number of rotatable bonds is 3. The molecule has 34 heavy (non-hydrogen) atoms. The average Bonchev–Trinajstić information content (AvgIpc) is 3.56. The van der Waals surface area contributed by atoms with Crippen LogP contribution in [0, 0.1) is 11.8 Å². The summed E-state index contributed by atoms with van der Waals surface area (Å²) in [4.78, 5) is 14.1. The van der Waals surface area contributed by atoms with Crippen LogP contribution in [0.25, 0.3) is 22.4 Å². The molecule has 10 heteroatoms. The van der Waals surface area contributed by atoms with E-state index in [2.05, 4.69) is 15.2 Å². The van der Waals surface area contributed by atoms with Crippen LogP contribution < -0.4 is 0 Å². The molecule has 0 spiro atoms. The van der Waals surface area contributed by atoms with Crippen molar-refractivity contribution >= 4 is 28.3 Å². The number of para-hydroxylation sites is 1. The van der Waals surface area contributed by atoms with Crippen molar-refractivity contribution in [2.24, 2.45) is 11.8 Å². The Morgan fingerprint density at radius 2 is 1.74 bits per heavy atom. The predicted octanol–water partition coefficient (Wildman–Crippen LogP) is 3.96.